The number of carbonyl (C=O) groups excluding carboxylic acids is 1. The Kier molecular flexibility index (Phi) is 9.35. The van der Waals surface area contributed by atoms with Gasteiger partial charge in [-0.3, -0.25) is 4.79 Å². The van der Waals surface area contributed by atoms with Crippen molar-refractivity contribution in [2.24, 2.45) is 5.92 Å². The first-order valence-corrected chi connectivity index (χ1v) is 9.26. The molecular formula is C16H24INO2S. The molecule has 0 fully saturated rings. The summed E-state index contributed by atoms with van der Waals surface area (Å²) in [4.78, 5) is 13.3. The number of rotatable bonds is 9. The number of nitrogens with zero attached hydrogens (tertiary/aromatic N) is 1. The summed E-state index contributed by atoms with van der Waals surface area (Å²) < 4.78 is 7.31. The molecule has 3 nitrogen and oxygen atoms in total. The van der Waals surface area contributed by atoms with Crippen LogP contribution in [0.5, 0.6) is 0 Å². The number of ether oxygens (including phenoxy) is 1. The Morgan fingerprint density at radius 1 is 1.33 bits per heavy atom. The number of carbonyl (C=O) groups is 1. The fourth-order valence-corrected chi connectivity index (χ4v) is 3.72. The van der Waals surface area contributed by atoms with Crippen LogP contribution in [0.1, 0.15) is 27.2 Å². The average Bonchev–Trinajstić information content (AvgIpc) is 2.46. The second-order valence-electron chi connectivity index (χ2n) is 5.20. The molecule has 0 bridgehead atoms. The van der Waals surface area contributed by atoms with Crippen LogP contribution in [0.4, 0.5) is 0 Å². The molecule has 0 radical (unpaired) electrons. The van der Waals surface area contributed by atoms with Gasteiger partial charge in [0.15, 0.2) is 0 Å². The molecule has 1 aromatic rings. The normalized spacial score (nSPS) is 12.7. The van der Waals surface area contributed by atoms with Gasteiger partial charge < -0.3 is 4.74 Å². The molecule has 0 aliphatic heterocycles. The van der Waals surface area contributed by atoms with Crippen LogP contribution in [-0.2, 0) is 9.53 Å². The van der Waals surface area contributed by atoms with Crippen molar-refractivity contribution in [1.29, 1.82) is 0 Å². The fraction of sp³-hybridized carbons (Fsp3) is 0.562. The van der Waals surface area contributed by atoms with Crippen LogP contribution in [0.15, 0.2) is 35.2 Å². The molecule has 5 heteroatoms. The van der Waals surface area contributed by atoms with Gasteiger partial charge in [0.25, 0.3) is 0 Å². The van der Waals surface area contributed by atoms with E-state index < -0.39 is 0 Å². The summed E-state index contributed by atoms with van der Waals surface area (Å²) >= 11 is 3.95. The highest BCUT2D eigenvalue weighted by Crippen LogP contribution is 2.22. The third-order valence-electron chi connectivity index (χ3n) is 2.97. The highest BCUT2D eigenvalue weighted by molar-refractivity contribution is 14.1. The van der Waals surface area contributed by atoms with E-state index in [1.54, 1.807) is 11.8 Å². The van der Waals surface area contributed by atoms with E-state index in [1.165, 1.54) is 4.90 Å². The predicted octanol–water partition coefficient (Wildman–Crippen LogP) is 4.41. The van der Waals surface area contributed by atoms with Gasteiger partial charge in [-0.25, -0.2) is 3.11 Å². The molecule has 0 amide bonds. The van der Waals surface area contributed by atoms with E-state index in [4.69, 9.17) is 4.74 Å². The largest absolute Gasteiger partial charge is 0.465 e. The van der Waals surface area contributed by atoms with E-state index in [9.17, 15) is 4.79 Å². The molecule has 0 spiro atoms. The minimum absolute atomic E-state index is 0.126. The van der Waals surface area contributed by atoms with Gasteiger partial charge in [0.1, 0.15) is 6.04 Å². The summed E-state index contributed by atoms with van der Waals surface area (Å²) in [5.41, 5.74) is 0. The number of thioether (sulfide) groups is 1. The van der Waals surface area contributed by atoms with Crippen molar-refractivity contribution in [1.82, 2.24) is 3.11 Å². The molecule has 1 rings (SSSR count). The maximum atomic E-state index is 12.2. The van der Waals surface area contributed by atoms with E-state index >= 15 is 0 Å². The fourth-order valence-electron chi connectivity index (χ4n) is 1.73. The Labute approximate surface area is 146 Å². The number of hydrogen-bond donors (Lipinski definition) is 0. The first-order chi connectivity index (χ1) is 10.0. The van der Waals surface area contributed by atoms with Gasteiger partial charge in [0.2, 0.25) is 0 Å². The van der Waals surface area contributed by atoms with Crippen molar-refractivity contribution in [2.45, 2.75) is 38.1 Å². The van der Waals surface area contributed by atoms with Crippen LogP contribution in [0.3, 0.4) is 0 Å². The highest BCUT2D eigenvalue weighted by Gasteiger charge is 2.25. The maximum Gasteiger partial charge on any atom is 0.324 e. The topological polar surface area (TPSA) is 29.5 Å². The van der Waals surface area contributed by atoms with E-state index in [0.29, 0.717) is 18.3 Å². The molecule has 1 aromatic carbocycles. The zero-order chi connectivity index (χ0) is 15.7. The van der Waals surface area contributed by atoms with Gasteiger partial charge in [-0.05, 0) is 31.4 Å². The molecule has 0 heterocycles. The molecule has 0 saturated carbocycles. The molecule has 0 N–H and O–H groups in total. The van der Waals surface area contributed by atoms with Crippen molar-refractivity contribution in [3.8, 4) is 0 Å². The summed E-state index contributed by atoms with van der Waals surface area (Å²) in [5.74, 6) is 1.22. The monoisotopic (exact) mass is 421 g/mol. The van der Waals surface area contributed by atoms with Gasteiger partial charge in [-0.2, -0.15) is 0 Å². The first kappa shape index (κ1) is 18.8. The predicted molar refractivity (Wildman–Crippen MR) is 97.8 cm³/mol. The maximum absolute atomic E-state index is 12.2. The molecule has 1 unspecified atom stereocenters. The van der Waals surface area contributed by atoms with Gasteiger partial charge in [-0.1, -0.05) is 32.0 Å². The van der Waals surface area contributed by atoms with E-state index in [0.717, 1.165) is 13.0 Å². The smallest absolute Gasteiger partial charge is 0.324 e. The SMILES string of the molecule is CCOC(=O)C(CSc1ccccc1)N(I)CCC(C)C. The van der Waals surface area contributed by atoms with Gasteiger partial charge in [0.05, 0.1) is 6.61 Å². The van der Waals surface area contributed by atoms with Crippen LogP contribution < -0.4 is 0 Å². The second-order valence-corrected chi connectivity index (χ2v) is 7.53. The van der Waals surface area contributed by atoms with Crippen LogP contribution in [0, 0.1) is 5.92 Å². The van der Waals surface area contributed by atoms with Gasteiger partial charge in [0, 0.05) is 40.1 Å². The molecule has 118 valence electrons. The first-order valence-electron chi connectivity index (χ1n) is 7.31. The summed E-state index contributed by atoms with van der Waals surface area (Å²) in [5, 5.41) is 0. The number of hydrogen-bond acceptors (Lipinski definition) is 4. The molecular weight excluding hydrogens is 397 g/mol. The minimum Gasteiger partial charge on any atom is -0.465 e. The Morgan fingerprint density at radius 3 is 2.57 bits per heavy atom. The highest BCUT2D eigenvalue weighted by atomic mass is 127. The lowest BCUT2D eigenvalue weighted by atomic mass is 10.1. The summed E-state index contributed by atoms with van der Waals surface area (Å²) in [6, 6.07) is 9.97. The van der Waals surface area contributed by atoms with E-state index in [1.807, 2.05) is 25.1 Å². The lowest BCUT2D eigenvalue weighted by molar-refractivity contribution is -0.146. The number of halogens is 1. The van der Waals surface area contributed by atoms with Crippen molar-refractivity contribution in [3.05, 3.63) is 30.3 Å². The molecule has 21 heavy (non-hydrogen) atoms. The Hall–Kier alpha value is -0.270. The molecule has 0 aliphatic carbocycles. The van der Waals surface area contributed by atoms with Gasteiger partial charge in [-0.15, -0.1) is 11.8 Å². The van der Waals surface area contributed by atoms with Gasteiger partial charge >= 0.3 is 5.97 Å². The molecule has 0 saturated heterocycles. The summed E-state index contributed by atoms with van der Waals surface area (Å²) in [7, 11) is 0. The van der Waals surface area contributed by atoms with E-state index in [-0.39, 0.29) is 12.0 Å². The summed E-state index contributed by atoms with van der Waals surface area (Å²) in [6.07, 6.45) is 1.08. The Balaban J connectivity index is 2.61. The zero-order valence-electron chi connectivity index (χ0n) is 12.9. The third-order valence-corrected chi connectivity index (χ3v) is 5.21. The zero-order valence-corrected chi connectivity index (χ0v) is 15.9. The standard InChI is InChI=1S/C16H24INO2S/c1-4-20-16(19)15(18(17)11-10-13(2)3)12-21-14-8-6-5-7-9-14/h5-9,13,15H,4,10-12H2,1-3H3. The van der Waals surface area contributed by atoms with Crippen molar-refractivity contribution < 1.29 is 9.53 Å². The molecule has 0 aromatic heterocycles. The van der Waals surface area contributed by atoms with Crippen LogP contribution in [-0.4, -0.2) is 34.0 Å². The Bertz CT molecular complexity index is 414. The van der Waals surface area contributed by atoms with Crippen LogP contribution in [0.25, 0.3) is 0 Å². The number of esters is 1. The lowest BCUT2D eigenvalue weighted by Crippen LogP contribution is -2.39. The van der Waals surface area contributed by atoms with E-state index in [2.05, 4.69) is 52.0 Å². The molecule has 0 aliphatic rings. The third kappa shape index (κ3) is 7.51. The molecule has 1 atom stereocenters. The number of benzene rings is 1. The average molecular weight is 421 g/mol. The van der Waals surface area contributed by atoms with Crippen LogP contribution >= 0.6 is 34.6 Å². The summed E-state index contributed by atoms with van der Waals surface area (Å²) in [6.45, 7) is 7.58. The Morgan fingerprint density at radius 2 is 2.00 bits per heavy atom. The van der Waals surface area contributed by atoms with Crippen molar-refractivity contribution in [3.63, 3.8) is 0 Å². The second kappa shape index (κ2) is 10.5. The van der Waals surface area contributed by atoms with Crippen molar-refractivity contribution >= 4 is 40.6 Å². The van der Waals surface area contributed by atoms with Crippen molar-refractivity contribution in [2.75, 3.05) is 18.9 Å². The van der Waals surface area contributed by atoms with Crippen LogP contribution in [0.2, 0.25) is 0 Å². The lowest BCUT2D eigenvalue weighted by Gasteiger charge is -2.24. The minimum atomic E-state index is -0.200. The quantitative estimate of drug-likeness (QED) is 0.256.